The van der Waals surface area contributed by atoms with E-state index in [0.29, 0.717) is 6.42 Å². The van der Waals surface area contributed by atoms with Crippen LogP contribution < -0.4 is 11.1 Å². The minimum Gasteiger partial charge on any atom is -0.348 e. The molecule has 0 bridgehead atoms. The maximum absolute atomic E-state index is 12.3. The number of nitrogens with one attached hydrogen (secondary N) is 1. The topological polar surface area (TPSA) is 55.1 Å². The van der Waals surface area contributed by atoms with Crippen molar-refractivity contribution < 1.29 is 4.79 Å². The van der Waals surface area contributed by atoms with E-state index in [2.05, 4.69) is 37.4 Å². The molecule has 3 nitrogen and oxygen atoms in total. The van der Waals surface area contributed by atoms with Crippen molar-refractivity contribution in [2.45, 2.75) is 39.3 Å². The lowest BCUT2D eigenvalue weighted by Gasteiger charge is -2.20. The van der Waals surface area contributed by atoms with Gasteiger partial charge in [-0.05, 0) is 43.9 Å². The van der Waals surface area contributed by atoms with Crippen LogP contribution in [0, 0.1) is 13.8 Å². The van der Waals surface area contributed by atoms with Crippen molar-refractivity contribution in [3.05, 3.63) is 70.8 Å². The molecule has 0 saturated heterocycles. The third kappa shape index (κ3) is 5.38. The smallest absolute Gasteiger partial charge is 0.237 e. The van der Waals surface area contributed by atoms with Gasteiger partial charge in [-0.25, -0.2) is 0 Å². The SMILES string of the molecule is Cc1ccc(C(C)NC(=O)C(N)Cc2ccccc2)c(C)c1.Cl. The molecule has 1 amide bonds. The van der Waals surface area contributed by atoms with Crippen molar-refractivity contribution in [3.8, 4) is 0 Å². The molecule has 2 aromatic carbocycles. The summed E-state index contributed by atoms with van der Waals surface area (Å²) in [5.74, 6) is -0.115. The second-order valence-electron chi connectivity index (χ2n) is 5.89. The Bertz CT molecular complexity index is 643. The number of benzene rings is 2. The lowest BCUT2D eigenvalue weighted by Crippen LogP contribution is -2.43. The third-order valence-corrected chi connectivity index (χ3v) is 3.89. The summed E-state index contributed by atoms with van der Waals surface area (Å²) in [6, 6.07) is 15.5. The van der Waals surface area contributed by atoms with Gasteiger partial charge in [-0.2, -0.15) is 0 Å². The van der Waals surface area contributed by atoms with Crippen LogP contribution in [0.2, 0.25) is 0 Å². The standard InChI is InChI=1S/C19H24N2O.ClH/c1-13-9-10-17(14(2)11-13)15(3)21-19(22)18(20)12-16-7-5-4-6-8-16;/h4-11,15,18H,12,20H2,1-3H3,(H,21,22);1H. The molecule has 3 N–H and O–H groups in total. The molecular weight excluding hydrogens is 308 g/mol. The predicted octanol–water partition coefficient (Wildman–Crippen LogP) is 3.47. The van der Waals surface area contributed by atoms with Gasteiger partial charge in [-0.1, -0.05) is 54.1 Å². The van der Waals surface area contributed by atoms with Crippen LogP contribution in [0.15, 0.2) is 48.5 Å². The summed E-state index contributed by atoms with van der Waals surface area (Å²) in [4.78, 5) is 12.3. The summed E-state index contributed by atoms with van der Waals surface area (Å²) in [5, 5.41) is 3.01. The van der Waals surface area contributed by atoms with Gasteiger partial charge in [0, 0.05) is 0 Å². The average Bonchev–Trinajstić information content (AvgIpc) is 2.47. The van der Waals surface area contributed by atoms with E-state index in [1.165, 1.54) is 11.1 Å². The van der Waals surface area contributed by atoms with E-state index in [1.54, 1.807) is 0 Å². The van der Waals surface area contributed by atoms with Crippen molar-refractivity contribution >= 4 is 18.3 Å². The first-order valence-corrected chi connectivity index (χ1v) is 7.64. The number of aryl methyl sites for hydroxylation is 2. The summed E-state index contributed by atoms with van der Waals surface area (Å²) in [7, 11) is 0. The second-order valence-corrected chi connectivity index (χ2v) is 5.89. The maximum atomic E-state index is 12.3. The zero-order valence-electron chi connectivity index (χ0n) is 13.9. The van der Waals surface area contributed by atoms with Crippen LogP contribution in [0.3, 0.4) is 0 Å². The average molecular weight is 333 g/mol. The quantitative estimate of drug-likeness (QED) is 0.880. The Morgan fingerprint density at radius 2 is 1.78 bits per heavy atom. The number of hydrogen-bond acceptors (Lipinski definition) is 2. The molecule has 0 heterocycles. The number of halogens is 1. The fraction of sp³-hybridized carbons (Fsp3) is 0.316. The Kier molecular flexibility index (Phi) is 7.27. The van der Waals surface area contributed by atoms with Crippen LogP contribution in [-0.2, 0) is 11.2 Å². The third-order valence-electron chi connectivity index (χ3n) is 3.89. The molecule has 0 spiro atoms. The lowest BCUT2D eigenvalue weighted by molar-refractivity contribution is -0.123. The normalized spacial score (nSPS) is 12.9. The molecule has 0 fully saturated rings. The molecule has 4 heteroatoms. The van der Waals surface area contributed by atoms with Gasteiger partial charge in [0.1, 0.15) is 0 Å². The van der Waals surface area contributed by atoms with E-state index in [0.717, 1.165) is 11.1 Å². The number of carbonyl (C=O) groups is 1. The summed E-state index contributed by atoms with van der Waals surface area (Å²) in [5.41, 5.74) is 10.6. The minimum absolute atomic E-state index is 0. The molecule has 0 saturated carbocycles. The van der Waals surface area contributed by atoms with Crippen LogP contribution in [0.25, 0.3) is 0 Å². The molecule has 124 valence electrons. The van der Waals surface area contributed by atoms with Crippen molar-refractivity contribution in [2.24, 2.45) is 5.73 Å². The fourth-order valence-corrected chi connectivity index (χ4v) is 2.67. The Hall–Kier alpha value is -1.84. The molecule has 2 unspecified atom stereocenters. The fourth-order valence-electron chi connectivity index (χ4n) is 2.67. The zero-order chi connectivity index (χ0) is 16.1. The van der Waals surface area contributed by atoms with E-state index in [4.69, 9.17) is 5.73 Å². The van der Waals surface area contributed by atoms with Crippen molar-refractivity contribution in [3.63, 3.8) is 0 Å². The summed E-state index contributed by atoms with van der Waals surface area (Å²) < 4.78 is 0. The van der Waals surface area contributed by atoms with Crippen LogP contribution in [-0.4, -0.2) is 11.9 Å². The van der Waals surface area contributed by atoms with Gasteiger partial charge in [0.15, 0.2) is 0 Å². The lowest BCUT2D eigenvalue weighted by atomic mass is 9.99. The molecular formula is C19H25ClN2O. The molecule has 2 rings (SSSR count). The predicted molar refractivity (Wildman–Crippen MR) is 97.8 cm³/mol. The first-order chi connectivity index (χ1) is 10.5. The number of hydrogen-bond donors (Lipinski definition) is 2. The molecule has 23 heavy (non-hydrogen) atoms. The van der Waals surface area contributed by atoms with Gasteiger partial charge in [0.2, 0.25) is 5.91 Å². The van der Waals surface area contributed by atoms with Crippen molar-refractivity contribution in [2.75, 3.05) is 0 Å². The first-order valence-electron chi connectivity index (χ1n) is 7.64. The largest absolute Gasteiger partial charge is 0.348 e. The van der Waals surface area contributed by atoms with Crippen LogP contribution >= 0.6 is 12.4 Å². The Morgan fingerprint density at radius 3 is 2.39 bits per heavy atom. The van der Waals surface area contributed by atoms with Gasteiger partial charge >= 0.3 is 0 Å². The highest BCUT2D eigenvalue weighted by molar-refractivity contribution is 5.85. The van der Waals surface area contributed by atoms with Crippen molar-refractivity contribution in [1.29, 1.82) is 0 Å². The summed E-state index contributed by atoms with van der Waals surface area (Å²) >= 11 is 0. The summed E-state index contributed by atoms with van der Waals surface area (Å²) in [6.45, 7) is 6.12. The Morgan fingerprint density at radius 1 is 1.13 bits per heavy atom. The second kappa shape index (κ2) is 8.70. The first kappa shape index (κ1) is 19.2. The van der Waals surface area contributed by atoms with Gasteiger partial charge < -0.3 is 11.1 Å². The highest BCUT2D eigenvalue weighted by Crippen LogP contribution is 2.18. The zero-order valence-corrected chi connectivity index (χ0v) is 14.7. The monoisotopic (exact) mass is 332 g/mol. The van der Waals surface area contributed by atoms with Crippen LogP contribution in [0.5, 0.6) is 0 Å². The number of rotatable bonds is 5. The minimum atomic E-state index is -0.532. The molecule has 0 aromatic heterocycles. The van der Waals surface area contributed by atoms with E-state index in [-0.39, 0.29) is 24.4 Å². The van der Waals surface area contributed by atoms with Gasteiger partial charge in [0.05, 0.1) is 12.1 Å². The van der Waals surface area contributed by atoms with E-state index < -0.39 is 6.04 Å². The van der Waals surface area contributed by atoms with Crippen LogP contribution in [0.4, 0.5) is 0 Å². The highest BCUT2D eigenvalue weighted by atomic mass is 35.5. The van der Waals surface area contributed by atoms with E-state index in [9.17, 15) is 4.79 Å². The molecule has 2 aromatic rings. The highest BCUT2D eigenvalue weighted by Gasteiger charge is 2.17. The molecule has 0 radical (unpaired) electrons. The van der Waals surface area contributed by atoms with E-state index >= 15 is 0 Å². The van der Waals surface area contributed by atoms with Gasteiger partial charge in [0.25, 0.3) is 0 Å². The molecule has 2 atom stereocenters. The van der Waals surface area contributed by atoms with Crippen molar-refractivity contribution in [1.82, 2.24) is 5.32 Å². The van der Waals surface area contributed by atoms with Crippen LogP contribution in [0.1, 0.15) is 35.2 Å². The van der Waals surface area contributed by atoms with Gasteiger partial charge in [-0.15, -0.1) is 12.4 Å². The molecule has 0 aliphatic carbocycles. The number of nitrogens with two attached hydrogens (primary N) is 1. The number of carbonyl (C=O) groups excluding carboxylic acids is 1. The summed E-state index contributed by atoms with van der Waals surface area (Å²) in [6.07, 6.45) is 0.548. The Balaban J connectivity index is 0.00000264. The molecule has 0 aliphatic heterocycles. The maximum Gasteiger partial charge on any atom is 0.237 e. The number of amides is 1. The molecule has 0 aliphatic rings. The van der Waals surface area contributed by atoms with Gasteiger partial charge in [-0.3, -0.25) is 4.79 Å². The van der Waals surface area contributed by atoms with E-state index in [1.807, 2.05) is 37.3 Å². The Labute approximate surface area is 144 Å².